The van der Waals surface area contributed by atoms with Gasteiger partial charge in [0.2, 0.25) is 0 Å². The van der Waals surface area contributed by atoms with Gasteiger partial charge in [-0.05, 0) is 59.4 Å². The van der Waals surface area contributed by atoms with E-state index in [-0.39, 0.29) is 11.5 Å². The van der Waals surface area contributed by atoms with E-state index in [2.05, 4.69) is 13.8 Å². The Balaban J connectivity index is 2.60. The minimum Gasteiger partial charge on any atom is -0.508 e. The lowest BCUT2D eigenvalue weighted by molar-refractivity contribution is 0.474. The number of hydrogen-bond donors (Lipinski definition) is 2. The zero-order chi connectivity index (χ0) is 15.4. The van der Waals surface area contributed by atoms with Crippen LogP contribution in [0, 0.1) is 0 Å². The lowest BCUT2D eigenvalue weighted by Crippen LogP contribution is -1.91. The van der Waals surface area contributed by atoms with Crippen LogP contribution in [0.15, 0.2) is 48.5 Å². The molecule has 2 rings (SSSR count). The summed E-state index contributed by atoms with van der Waals surface area (Å²) in [6.07, 6.45) is 1.65. The maximum atomic E-state index is 9.47. The monoisotopic (exact) mass is 269 g/mol. The summed E-state index contributed by atoms with van der Waals surface area (Å²) in [5.41, 5.74) is 4.17. The quantitative estimate of drug-likeness (QED) is 0.780. The summed E-state index contributed by atoms with van der Waals surface area (Å²) in [4.78, 5) is 0. The van der Waals surface area contributed by atoms with E-state index < -0.39 is 0 Å². The predicted octanol–water partition coefficient (Wildman–Crippen LogP) is 4.83. The minimum absolute atomic E-state index is 0.113. The van der Waals surface area contributed by atoms with Crippen molar-refractivity contribution in [3.8, 4) is 11.5 Å². The Hall–Kier alpha value is -2.22. The Morgan fingerprint density at radius 2 is 1.25 bits per heavy atom. The van der Waals surface area contributed by atoms with Gasteiger partial charge < -0.3 is 10.2 Å². The van der Waals surface area contributed by atoms with Gasteiger partial charge in [-0.2, -0.15) is 0 Å². The molecule has 0 spiro atoms. The molecule has 0 radical (unpaired) electrons. The van der Waals surface area contributed by atoms with Crippen LogP contribution in [0.1, 0.15) is 39.2 Å². The lowest BCUT2D eigenvalue weighted by atomic mass is 9.91. The second-order valence-corrected chi connectivity index (χ2v) is 4.67. The predicted molar refractivity (Wildman–Crippen MR) is 83.6 cm³/mol. The molecule has 0 saturated carbocycles. The summed E-state index contributed by atoms with van der Waals surface area (Å²) in [5.74, 6) is 0.361. The van der Waals surface area contributed by atoms with Gasteiger partial charge >= 0.3 is 0 Å². The molecule has 0 aliphatic carbocycles. The van der Waals surface area contributed by atoms with E-state index in [1.165, 1.54) is 6.07 Å². The summed E-state index contributed by atoms with van der Waals surface area (Å²) in [5, 5.41) is 18.9. The van der Waals surface area contributed by atoms with Crippen molar-refractivity contribution in [2.75, 3.05) is 0 Å². The van der Waals surface area contributed by atoms with Gasteiger partial charge in [0.1, 0.15) is 11.5 Å². The van der Waals surface area contributed by atoms with Crippen molar-refractivity contribution in [3.05, 3.63) is 59.6 Å². The number of phenols is 2. The van der Waals surface area contributed by atoms with Gasteiger partial charge in [0.25, 0.3) is 0 Å². The van der Waals surface area contributed by atoms with Crippen LogP contribution in [-0.4, -0.2) is 10.2 Å². The van der Waals surface area contributed by atoms with E-state index in [1.807, 2.05) is 12.1 Å². The highest BCUT2D eigenvalue weighted by atomic mass is 16.3. The fraction of sp³-hybridized carbons (Fsp3) is 0.222. The fourth-order valence-corrected chi connectivity index (χ4v) is 2.43. The van der Waals surface area contributed by atoms with Gasteiger partial charge in [0.05, 0.1) is 1.37 Å². The Labute approximate surface area is 121 Å². The van der Waals surface area contributed by atoms with Crippen LogP contribution in [0.2, 0.25) is 0 Å². The van der Waals surface area contributed by atoms with Gasteiger partial charge in [-0.3, -0.25) is 0 Å². The normalized spacial score (nSPS) is 12.8. The molecule has 2 aromatic rings. The van der Waals surface area contributed by atoms with Crippen molar-refractivity contribution in [2.45, 2.75) is 26.7 Å². The van der Waals surface area contributed by atoms with Crippen molar-refractivity contribution in [1.82, 2.24) is 0 Å². The van der Waals surface area contributed by atoms with Crippen LogP contribution in [0.3, 0.4) is 0 Å². The van der Waals surface area contributed by atoms with E-state index >= 15 is 0 Å². The van der Waals surface area contributed by atoms with Gasteiger partial charge in [-0.25, -0.2) is 0 Å². The molecule has 0 aliphatic rings. The first-order chi connectivity index (χ1) is 10.1. The second-order valence-electron chi connectivity index (χ2n) is 4.67. The Morgan fingerprint density at radius 1 is 0.800 bits per heavy atom. The fourth-order valence-electron chi connectivity index (χ4n) is 2.43. The molecule has 0 bridgehead atoms. The number of hydrogen-bond acceptors (Lipinski definition) is 2. The summed E-state index contributed by atoms with van der Waals surface area (Å²) in [6.45, 7) is 4.15. The number of phenolic OH excluding ortho intramolecular Hbond substituents is 2. The molecule has 0 atom stereocenters. The van der Waals surface area contributed by atoms with Crippen molar-refractivity contribution in [2.24, 2.45) is 0 Å². The van der Waals surface area contributed by atoms with Crippen LogP contribution in [0.4, 0.5) is 0 Å². The van der Waals surface area contributed by atoms with Crippen molar-refractivity contribution in [1.29, 1.82) is 0 Å². The first kappa shape index (κ1) is 12.8. The average molecular weight is 269 g/mol. The van der Waals surface area contributed by atoms with Gasteiger partial charge in [0, 0.05) is 0 Å². The maximum absolute atomic E-state index is 9.47. The van der Waals surface area contributed by atoms with Gasteiger partial charge in [-0.15, -0.1) is 0 Å². The molecule has 0 amide bonds. The highest BCUT2D eigenvalue weighted by Gasteiger charge is 2.09. The molecule has 0 fully saturated rings. The molecule has 0 unspecified atom stereocenters. The summed E-state index contributed by atoms with van der Waals surface area (Å²) in [7, 11) is 0. The summed E-state index contributed by atoms with van der Waals surface area (Å²) >= 11 is 0. The molecule has 20 heavy (non-hydrogen) atoms. The summed E-state index contributed by atoms with van der Waals surface area (Å²) in [6, 6.07) is 12.4. The minimum atomic E-state index is 0.113. The topological polar surface area (TPSA) is 40.5 Å². The maximum Gasteiger partial charge on any atom is 0.115 e. The van der Waals surface area contributed by atoms with Crippen LogP contribution >= 0.6 is 0 Å². The molecule has 0 saturated heterocycles. The zero-order valence-corrected chi connectivity index (χ0v) is 11.9. The van der Waals surface area contributed by atoms with Gasteiger partial charge in [-0.1, -0.05) is 38.1 Å². The molecule has 2 nitrogen and oxygen atoms in total. The SMILES string of the molecule is [2H]c1cc(O)ccc1C(CC)=C(CC)c1ccc(O)cc1. The van der Waals surface area contributed by atoms with Gasteiger partial charge in [0.15, 0.2) is 0 Å². The largest absolute Gasteiger partial charge is 0.508 e. The highest BCUT2D eigenvalue weighted by Crippen LogP contribution is 2.32. The summed E-state index contributed by atoms with van der Waals surface area (Å²) < 4.78 is 8.08. The van der Waals surface area contributed by atoms with E-state index in [0.717, 1.165) is 35.1 Å². The van der Waals surface area contributed by atoms with E-state index in [4.69, 9.17) is 1.37 Å². The molecular formula is C18H20O2. The molecule has 0 aliphatic heterocycles. The first-order valence-corrected chi connectivity index (χ1v) is 6.88. The standard InChI is InChI=1S/C18H20O2/c1-3-17(13-5-9-15(19)10-6-13)18(4-2)14-7-11-16(20)12-8-14/h5-12,19-20H,3-4H2,1-2H3/i5D. The number of allylic oxidation sites excluding steroid dienone is 2. The molecule has 0 heterocycles. The van der Waals surface area contributed by atoms with E-state index in [9.17, 15) is 10.2 Å². The van der Waals surface area contributed by atoms with Crippen LogP contribution in [0.25, 0.3) is 11.1 Å². The molecule has 104 valence electrons. The van der Waals surface area contributed by atoms with E-state index in [0.29, 0.717) is 6.04 Å². The number of benzene rings is 2. The van der Waals surface area contributed by atoms with Crippen molar-refractivity contribution < 1.29 is 11.6 Å². The van der Waals surface area contributed by atoms with Crippen LogP contribution in [0.5, 0.6) is 11.5 Å². The van der Waals surface area contributed by atoms with Crippen molar-refractivity contribution in [3.63, 3.8) is 0 Å². The Bertz CT molecular complexity index is 657. The Kier molecular flexibility index (Phi) is 4.02. The third kappa shape index (κ3) is 3.02. The molecular weight excluding hydrogens is 248 g/mol. The first-order valence-electron chi connectivity index (χ1n) is 7.38. The van der Waals surface area contributed by atoms with Crippen LogP contribution < -0.4 is 0 Å². The molecule has 2 heteroatoms. The highest BCUT2D eigenvalue weighted by molar-refractivity contribution is 5.90. The third-order valence-corrected chi connectivity index (χ3v) is 3.41. The van der Waals surface area contributed by atoms with Crippen LogP contribution in [-0.2, 0) is 0 Å². The molecule has 2 N–H and O–H groups in total. The number of aromatic hydroxyl groups is 2. The molecule has 0 aromatic heterocycles. The third-order valence-electron chi connectivity index (χ3n) is 3.41. The number of rotatable bonds is 4. The second kappa shape index (κ2) is 6.29. The lowest BCUT2D eigenvalue weighted by Gasteiger charge is -2.14. The smallest absolute Gasteiger partial charge is 0.115 e. The zero-order valence-electron chi connectivity index (χ0n) is 12.9. The van der Waals surface area contributed by atoms with E-state index in [1.54, 1.807) is 24.3 Å². The average Bonchev–Trinajstić information content (AvgIpc) is 2.47. The van der Waals surface area contributed by atoms with Crippen molar-refractivity contribution >= 4 is 11.1 Å². The Morgan fingerprint density at radius 3 is 1.75 bits per heavy atom. The molecule has 2 aromatic carbocycles.